The quantitative estimate of drug-likeness (QED) is 0.763. The summed E-state index contributed by atoms with van der Waals surface area (Å²) in [5.41, 5.74) is 6.51. The van der Waals surface area contributed by atoms with E-state index in [4.69, 9.17) is 15.2 Å². The lowest BCUT2D eigenvalue weighted by Crippen LogP contribution is -2.28. The molecule has 1 aromatic carbocycles. The second-order valence-electron chi connectivity index (χ2n) is 3.59. The number of methoxy groups -OCH3 is 1. The van der Waals surface area contributed by atoms with Gasteiger partial charge in [-0.3, -0.25) is 0 Å². The molecule has 0 spiro atoms. The molecule has 0 saturated heterocycles. The second-order valence-corrected chi connectivity index (χ2v) is 3.59. The zero-order valence-electron chi connectivity index (χ0n) is 9.55. The number of carbonyl (C=O) groups is 1. The van der Waals surface area contributed by atoms with Crippen molar-refractivity contribution < 1.29 is 14.3 Å². The van der Waals surface area contributed by atoms with Gasteiger partial charge < -0.3 is 15.2 Å². The molecule has 0 aliphatic rings. The van der Waals surface area contributed by atoms with Crippen LogP contribution < -0.4 is 5.73 Å². The van der Waals surface area contributed by atoms with Crippen molar-refractivity contribution in [2.24, 2.45) is 5.73 Å². The Hall–Kier alpha value is -1.39. The third-order valence-electron chi connectivity index (χ3n) is 2.13. The summed E-state index contributed by atoms with van der Waals surface area (Å²) in [4.78, 5) is 11.6. The molecular formula is C12H17NO3. The first-order chi connectivity index (χ1) is 7.65. The zero-order valence-corrected chi connectivity index (χ0v) is 9.55. The van der Waals surface area contributed by atoms with E-state index in [1.54, 1.807) is 26.2 Å². The fourth-order valence-corrected chi connectivity index (χ4v) is 1.34. The van der Waals surface area contributed by atoms with E-state index in [0.717, 1.165) is 5.56 Å². The summed E-state index contributed by atoms with van der Waals surface area (Å²) < 4.78 is 9.99. The molecule has 0 fully saturated rings. The number of rotatable bonds is 5. The highest BCUT2D eigenvalue weighted by atomic mass is 16.6. The van der Waals surface area contributed by atoms with Crippen molar-refractivity contribution in [3.63, 3.8) is 0 Å². The van der Waals surface area contributed by atoms with Crippen molar-refractivity contribution in [3.05, 3.63) is 35.9 Å². The number of benzene rings is 1. The SMILES string of the molecule is COCC(C)OC(=O)[C@@H](N)c1ccccc1. The topological polar surface area (TPSA) is 61.5 Å². The van der Waals surface area contributed by atoms with Crippen molar-refractivity contribution in [1.82, 2.24) is 0 Å². The van der Waals surface area contributed by atoms with Gasteiger partial charge in [-0.15, -0.1) is 0 Å². The lowest BCUT2D eigenvalue weighted by molar-refractivity contribution is -0.152. The van der Waals surface area contributed by atoms with E-state index in [9.17, 15) is 4.79 Å². The van der Waals surface area contributed by atoms with Crippen LogP contribution in [0.25, 0.3) is 0 Å². The van der Waals surface area contributed by atoms with Gasteiger partial charge >= 0.3 is 5.97 Å². The number of hydrogen-bond donors (Lipinski definition) is 1. The van der Waals surface area contributed by atoms with Crippen molar-refractivity contribution in [2.75, 3.05) is 13.7 Å². The summed E-state index contributed by atoms with van der Waals surface area (Å²) in [6.07, 6.45) is -0.285. The zero-order chi connectivity index (χ0) is 12.0. The Morgan fingerprint density at radius 2 is 2.00 bits per heavy atom. The van der Waals surface area contributed by atoms with Crippen LogP contribution in [0.1, 0.15) is 18.5 Å². The van der Waals surface area contributed by atoms with E-state index in [1.165, 1.54) is 0 Å². The van der Waals surface area contributed by atoms with E-state index < -0.39 is 12.0 Å². The Labute approximate surface area is 95.3 Å². The second kappa shape index (κ2) is 6.25. The molecule has 0 heterocycles. The van der Waals surface area contributed by atoms with Crippen LogP contribution in [0, 0.1) is 0 Å². The number of esters is 1. The minimum atomic E-state index is -0.736. The van der Waals surface area contributed by atoms with Crippen LogP contribution in [0.2, 0.25) is 0 Å². The third kappa shape index (κ3) is 3.64. The highest BCUT2D eigenvalue weighted by Crippen LogP contribution is 2.12. The van der Waals surface area contributed by atoms with E-state index in [1.807, 2.05) is 18.2 Å². The maximum atomic E-state index is 11.6. The van der Waals surface area contributed by atoms with E-state index in [2.05, 4.69) is 0 Å². The van der Waals surface area contributed by atoms with Crippen LogP contribution in [0.4, 0.5) is 0 Å². The molecule has 0 radical (unpaired) electrons. The molecule has 0 aliphatic heterocycles. The summed E-state index contributed by atoms with van der Waals surface area (Å²) >= 11 is 0. The molecule has 0 bridgehead atoms. The molecule has 88 valence electrons. The molecular weight excluding hydrogens is 206 g/mol. The summed E-state index contributed by atoms with van der Waals surface area (Å²) in [5, 5.41) is 0. The van der Waals surface area contributed by atoms with Crippen molar-refractivity contribution in [2.45, 2.75) is 19.1 Å². The third-order valence-corrected chi connectivity index (χ3v) is 2.13. The Balaban J connectivity index is 2.55. The van der Waals surface area contributed by atoms with Gasteiger partial charge in [-0.05, 0) is 12.5 Å². The molecule has 0 aromatic heterocycles. The molecule has 0 amide bonds. The Morgan fingerprint density at radius 3 is 2.56 bits per heavy atom. The van der Waals surface area contributed by atoms with Gasteiger partial charge in [0, 0.05) is 7.11 Å². The standard InChI is InChI=1S/C12H17NO3/c1-9(8-15-2)16-12(14)11(13)10-6-4-3-5-7-10/h3-7,9,11H,8,13H2,1-2H3/t9?,11-/m0/s1. The van der Waals surface area contributed by atoms with Crippen LogP contribution in [0.5, 0.6) is 0 Å². The minimum absolute atomic E-state index is 0.285. The van der Waals surface area contributed by atoms with Gasteiger partial charge in [0.15, 0.2) is 0 Å². The smallest absolute Gasteiger partial charge is 0.327 e. The van der Waals surface area contributed by atoms with Crippen LogP contribution in [0.15, 0.2) is 30.3 Å². The summed E-state index contributed by atoms with van der Waals surface area (Å²) in [5.74, 6) is -0.434. The highest BCUT2D eigenvalue weighted by Gasteiger charge is 2.19. The van der Waals surface area contributed by atoms with E-state index >= 15 is 0 Å². The molecule has 0 aliphatic carbocycles. The molecule has 0 saturated carbocycles. The lowest BCUT2D eigenvalue weighted by atomic mass is 10.1. The summed E-state index contributed by atoms with van der Waals surface area (Å²) in [7, 11) is 1.56. The average molecular weight is 223 g/mol. The predicted molar refractivity (Wildman–Crippen MR) is 60.8 cm³/mol. The lowest BCUT2D eigenvalue weighted by Gasteiger charge is -2.16. The van der Waals surface area contributed by atoms with Gasteiger partial charge in [-0.25, -0.2) is 4.79 Å². The van der Waals surface area contributed by atoms with Crippen LogP contribution >= 0.6 is 0 Å². The minimum Gasteiger partial charge on any atom is -0.459 e. The van der Waals surface area contributed by atoms with Crippen LogP contribution in [-0.2, 0) is 14.3 Å². The molecule has 4 heteroatoms. The first kappa shape index (κ1) is 12.7. The Bertz CT molecular complexity index is 326. The van der Waals surface area contributed by atoms with Crippen molar-refractivity contribution in [3.8, 4) is 0 Å². The molecule has 1 rings (SSSR count). The largest absolute Gasteiger partial charge is 0.459 e. The predicted octanol–water partition coefficient (Wildman–Crippen LogP) is 1.26. The Kier molecular flexibility index (Phi) is 4.95. The first-order valence-electron chi connectivity index (χ1n) is 5.15. The fourth-order valence-electron chi connectivity index (χ4n) is 1.34. The molecule has 1 unspecified atom stereocenters. The van der Waals surface area contributed by atoms with Crippen LogP contribution in [0.3, 0.4) is 0 Å². The Morgan fingerprint density at radius 1 is 1.38 bits per heavy atom. The number of carbonyl (C=O) groups excluding carboxylic acids is 1. The van der Waals surface area contributed by atoms with Gasteiger partial charge in [0.05, 0.1) is 6.61 Å². The van der Waals surface area contributed by atoms with Gasteiger partial charge in [-0.2, -0.15) is 0 Å². The highest BCUT2D eigenvalue weighted by molar-refractivity contribution is 5.77. The van der Waals surface area contributed by atoms with Gasteiger partial charge in [0.1, 0.15) is 12.1 Å². The van der Waals surface area contributed by atoms with E-state index in [0.29, 0.717) is 6.61 Å². The van der Waals surface area contributed by atoms with E-state index in [-0.39, 0.29) is 6.10 Å². The van der Waals surface area contributed by atoms with Gasteiger partial charge in [0.2, 0.25) is 0 Å². The maximum absolute atomic E-state index is 11.6. The normalized spacial score (nSPS) is 14.2. The average Bonchev–Trinajstić information content (AvgIpc) is 2.29. The molecule has 1 aromatic rings. The fraction of sp³-hybridized carbons (Fsp3) is 0.417. The summed E-state index contributed by atoms with van der Waals surface area (Å²) in [6.45, 7) is 2.13. The number of nitrogens with two attached hydrogens (primary N) is 1. The first-order valence-corrected chi connectivity index (χ1v) is 5.15. The maximum Gasteiger partial charge on any atom is 0.327 e. The monoisotopic (exact) mass is 223 g/mol. The molecule has 4 nitrogen and oxygen atoms in total. The van der Waals surface area contributed by atoms with Crippen LogP contribution in [-0.4, -0.2) is 25.8 Å². The van der Waals surface area contributed by atoms with Gasteiger partial charge in [-0.1, -0.05) is 30.3 Å². The summed E-state index contributed by atoms with van der Waals surface area (Å²) in [6, 6.07) is 8.40. The number of ether oxygens (including phenoxy) is 2. The van der Waals surface area contributed by atoms with Crippen molar-refractivity contribution >= 4 is 5.97 Å². The number of hydrogen-bond acceptors (Lipinski definition) is 4. The van der Waals surface area contributed by atoms with Crippen molar-refractivity contribution in [1.29, 1.82) is 0 Å². The molecule has 16 heavy (non-hydrogen) atoms. The molecule has 2 N–H and O–H groups in total. The van der Waals surface area contributed by atoms with Gasteiger partial charge in [0.25, 0.3) is 0 Å². The molecule has 2 atom stereocenters.